The Morgan fingerprint density at radius 2 is 2.10 bits per heavy atom. The topological polar surface area (TPSA) is 44.4 Å². The summed E-state index contributed by atoms with van der Waals surface area (Å²) in [4.78, 5) is 14.0. The molecule has 4 nitrogen and oxygen atoms in total. The molecule has 1 aliphatic carbocycles. The van der Waals surface area contributed by atoms with E-state index in [1.807, 2.05) is 28.8 Å². The van der Waals surface area contributed by atoms with Crippen molar-refractivity contribution in [1.29, 1.82) is 0 Å². The number of carbonyl (C=O) groups is 1. The van der Waals surface area contributed by atoms with Crippen LogP contribution in [0.15, 0.2) is 42.5 Å². The van der Waals surface area contributed by atoms with Gasteiger partial charge in [0.25, 0.3) is 5.01 Å². The summed E-state index contributed by atoms with van der Waals surface area (Å²) in [5.41, 5.74) is 5.06. The largest absolute Gasteiger partial charge is 0.477 e. The van der Waals surface area contributed by atoms with Gasteiger partial charge in [-0.15, -0.1) is 0 Å². The van der Waals surface area contributed by atoms with Gasteiger partial charge in [-0.05, 0) is 55.2 Å². The van der Waals surface area contributed by atoms with Gasteiger partial charge in [-0.25, -0.2) is 4.79 Å². The zero-order chi connectivity index (χ0) is 20.0. The lowest BCUT2D eigenvalue weighted by Crippen LogP contribution is -2.39. The van der Waals surface area contributed by atoms with E-state index in [1.54, 1.807) is 11.3 Å². The summed E-state index contributed by atoms with van der Waals surface area (Å²) in [6.07, 6.45) is 8.10. The van der Waals surface area contributed by atoms with Crippen molar-refractivity contribution in [3.63, 3.8) is 0 Å². The first-order valence-electron chi connectivity index (χ1n) is 10.4. The molecule has 148 valence electrons. The van der Waals surface area contributed by atoms with Crippen LogP contribution in [0.25, 0.3) is 22.4 Å². The van der Waals surface area contributed by atoms with Crippen molar-refractivity contribution >= 4 is 45.4 Å². The van der Waals surface area contributed by atoms with Crippen molar-refractivity contribution < 1.29 is 14.5 Å². The van der Waals surface area contributed by atoms with Crippen molar-refractivity contribution in [2.24, 2.45) is 0 Å². The fourth-order valence-corrected chi connectivity index (χ4v) is 6.20. The molecule has 1 N–H and O–H groups in total. The molecule has 1 aliphatic heterocycles. The van der Waals surface area contributed by atoms with Gasteiger partial charge in [0.2, 0.25) is 12.1 Å². The van der Waals surface area contributed by atoms with E-state index < -0.39 is 5.97 Å². The van der Waals surface area contributed by atoms with Gasteiger partial charge in [-0.2, -0.15) is 4.57 Å². The lowest BCUT2D eigenvalue weighted by atomic mass is 9.96. The molecule has 0 amide bonds. The van der Waals surface area contributed by atoms with Gasteiger partial charge in [0.15, 0.2) is 0 Å². The molecule has 0 spiro atoms. The average molecular weight is 406 g/mol. The predicted molar refractivity (Wildman–Crippen MR) is 118 cm³/mol. The monoisotopic (exact) mass is 405 g/mol. The molecule has 0 radical (unpaired) electrons. The van der Waals surface area contributed by atoms with Gasteiger partial charge in [0.1, 0.15) is 4.70 Å². The van der Waals surface area contributed by atoms with E-state index in [1.165, 1.54) is 36.1 Å². The number of nitrogens with zero attached hydrogens (tertiary/aromatic N) is 2. The molecular weight excluding hydrogens is 380 g/mol. The number of carboxylic acids is 1. The van der Waals surface area contributed by atoms with E-state index in [0.717, 1.165) is 21.8 Å². The fraction of sp³-hybridized carbons (Fsp3) is 0.333. The fourth-order valence-electron chi connectivity index (χ4n) is 5.14. The first-order chi connectivity index (χ1) is 14.2. The molecule has 1 fully saturated rings. The minimum absolute atomic E-state index is 0.0247. The van der Waals surface area contributed by atoms with Gasteiger partial charge >= 0.3 is 5.97 Å². The number of aromatic nitrogens is 1. The number of anilines is 1. The third kappa shape index (κ3) is 3.14. The van der Waals surface area contributed by atoms with E-state index >= 15 is 0 Å². The van der Waals surface area contributed by atoms with Crippen molar-refractivity contribution in [2.45, 2.75) is 44.7 Å². The Labute approximate surface area is 174 Å². The molecule has 0 saturated heterocycles. The molecule has 29 heavy (non-hydrogen) atoms. The Balaban J connectivity index is 1.50. The summed E-state index contributed by atoms with van der Waals surface area (Å²) >= 11 is 1.63. The van der Waals surface area contributed by atoms with E-state index in [-0.39, 0.29) is 6.54 Å². The van der Waals surface area contributed by atoms with Crippen molar-refractivity contribution in [3.05, 3.63) is 58.6 Å². The van der Waals surface area contributed by atoms with Crippen LogP contribution < -0.4 is 9.47 Å². The number of likely N-dealkylation sites (N-methyl/N-ethyl adjacent to an activating group) is 1. The van der Waals surface area contributed by atoms with E-state index in [4.69, 9.17) is 0 Å². The zero-order valence-electron chi connectivity index (χ0n) is 16.5. The van der Waals surface area contributed by atoms with Crippen LogP contribution in [-0.4, -0.2) is 23.7 Å². The average Bonchev–Trinajstić information content (AvgIpc) is 3.39. The SMILES string of the molecule is CCN1c2ccc(/C=C/c3sc4ccccc4[n+]3CC(=O)O)cc2C2CCCC21. The molecule has 2 aromatic carbocycles. The van der Waals surface area contributed by atoms with Crippen LogP contribution in [-0.2, 0) is 11.3 Å². The summed E-state index contributed by atoms with van der Waals surface area (Å²) in [6, 6.07) is 15.5. The van der Waals surface area contributed by atoms with Crippen LogP contribution in [0.4, 0.5) is 5.69 Å². The maximum Gasteiger partial charge on any atom is 0.370 e. The highest BCUT2D eigenvalue weighted by Gasteiger charge is 2.40. The van der Waals surface area contributed by atoms with Crippen molar-refractivity contribution in [2.75, 3.05) is 11.4 Å². The number of rotatable bonds is 5. The summed E-state index contributed by atoms with van der Waals surface area (Å²) in [5.74, 6) is -0.155. The third-order valence-electron chi connectivity index (χ3n) is 6.33. The first kappa shape index (κ1) is 18.4. The van der Waals surface area contributed by atoms with Crippen LogP contribution in [0.5, 0.6) is 0 Å². The Hall–Kier alpha value is -2.66. The Morgan fingerprint density at radius 3 is 2.93 bits per heavy atom. The molecule has 5 heteroatoms. The molecule has 0 bridgehead atoms. The third-order valence-corrected chi connectivity index (χ3v) is 7.46. The van der Waals surface area contributed by atoms with Gasteiger partial charge in [-0.1, -0.05) is 36.0 Å². The normalized spacial score (nSPS) is 20.5. The number of aliphatic carboxylic acids is 1. The summed E-state index contributed by atoms with van der Waals surface area (Å²) in [7, 11) is 0. The van der Waals surface area contributed by atoms with Gasteiger partial charge in [0, 0.05) is 36.3 Å². The maximum atomic E-state index is 11.4. The molecule has 1 aromatic heterocycles. The molecule has 1 saturated carbocycles. The van der Waals surface area contributed by atoms with E-state index in [2.05, 4.69) is 42.2 Å². The van der Waals surface area contributed by atoms with Gasteiger partial charge < -0.3 is 10.0 Å². The highest BCUT2D eigenvalue weighted by atomic mass is 32.1. The summed E-state index contributed by atoms with van der Waals surface area (Å²) in [6.45, 7) is 3.30. The summed E-state index contributed by atoms with van der Waals surface area (Å²) in [5, 5.41) is 10.3. The van der Waals surface area contributed by atoms with Crippen LogP contribution in [0.1, 0.15) is 48.2 Å². The predicted octanol–water partition coefficient (Wildman–Crippen LogP) is 4.92. The zero-order valence-corrected chi connectivity index (χ0v) is 17.4. The lowest BCUT2D eigenvalue weighted by molar-refractivity contribution is -0.657. The standard InChI is InChI=1S/C24H24N2O2S/c1-2-25-19-8-5-6-17(19)18-14-16(10-12-20(18)25)11-13-23-26(15-24(27)28)21-7-3-4-9-22(21)29-23/h3-4,7,9-14,17,19H,2,5-6,8,15H2,1H3/p+1. The Bertz CT molecular complexity index is 1120. The smallest absolute Gasteiger partial charge is 0.370 e. The first-order valence-corrected chi connectivity index (χ1v) is 11.2. The lowest BCUT2D eigenvalue weighted by Gasteiger charge is -2.25. The Kier molecular flexibility index (Phi) is 4.63. The number of carboxylic acid groups (broad SMARTS) is 1. The highest BCUT2D eigenvalue weighted by molar-refractivity contribution is 7.18. The minimum Gasteiger partial charge on any atom is -0.477 e. The number of hydrogen-bond acceptors (Lipinski definition) is 3. The molecular formula is C24H25N2O2S+. The Morgan fingerprint density at radius 1 is 1.24 bits per heavy atom. The van der Waals surface area contributed by atoms with Crippen LogP contribution in [0.2, 0.25) is 0 Å². The quantitative estimate of drug-likeness (QED) is 0.613. The highest BCUT2D eigenvalue weighted by Crippen LogP contribution is 2.49. The summed E-state index contributed by atoms with van der Waals surface area (Å²) < 4.78 is 2.99. The van der Waals surface area contributed by atoms with E-state index in [9.17, 15) is 9.90 Å². The van der Waals surface area contributed by atoms with E-state index in [0.29, 0.717) is 12.0 Å². The second-order valence-corrected chi connectivity index (χ2v) is 8.99. The minimum atomic E-state index is -0.822. The van der Waals surface area contributed by atoms with Crippen LogP contribution in [0.3, 0.4) is 0 Å². The van der Waals surface area contributed by atoms with Gasteiger partial charge in [-0.3, -0.25) is 0 Å². The van der Waals surface area contributed by atoms with Crippen LogP contribution >= 0.6 is 11.3 Å². The number of fused-ring (bicyclic) bond motifs is 4. The second-order valence-electron chi connectivity index (χ2n) is 7.93. The molecule has 5 rings (SSSR count). The number of thiazole rings is 1. The number of benzene rings is 2. The number of hydrogen-bond donors (Lipinski definition) is 1. The second kappa shape index (κ2) is 7.30. The molecule has 2 unspecified atom stereocenters. The van der Waals surface area contributed by atoms with Crippen LogP contribution in [0, 0.1) is 0 Å². The number of para-hydroxylation sites is 1. The molecule has 2 aliphatic rings. The van der Waals surface area contributed by atoms with Crippen molar-refractivity contribution in [1.82, 2.24) is 0 Å². The molecule has 3 aromatic rings. The van der Waals surface area contributed by atoms with Gasteiger partial charge in [0.05, 0.1) is 0 Å². The molecule has 2 heterocycles. The van der Waals surface area contributed by atoms with Crippen molar-refractivity contribution in [3.8, 4) is 0 Å². The maximum absolute atomic E-state index is 11.4. The molecule has 2 atom stereocenters.